The van der Waals surface area contributed by atoms with Crippen LogP contribution in [0.4, 0.5) is 0 Å². The molecule has 1 N–H and O–H groups in total. The predicted molar refractivity (Wildman–Crippen MR) is 83.7 cm³/mol. The molecule has 1 aromatic heterocycles. The summed E-state index contributed by atoms with van der Waals surface area (Å²) in [6, 6.07) is 2.46. The lowest BCUT2D eigenvalue weighted by Crippen LogP contribution is -2.44. The molecule has 2 heterocycles. The number of carbonyl (C=O) groups is 1. The van der Waals surface area contributed by atoms with Gasteiger partial charge in [0.2, 0.25) is 5.56 Å². The zero-order chi connectivity index (χ0) is 16.3. The largest absolute Gasteiger partial charge is 0.333 e. The van der Waals surface area contributed by atoms with Crippen molar-refractivity contribution in [1.29, 1.82) is 0 Å². The third-order valence-corrected chi connectivity index (χ3v) is 5.47. The summed E-state index contributed by atoms with van der Waals surface area (Å²) < 4.78 is 23.4. The van der Waals surface area contributed by atoms with Gasteiger partial charge in [-0.25, -0.2) is 8.42 Å². The van der Waals surface area contributed by atoms with E-state index in [9.17, 15) is 18.0 Å². The van der Waals surface area contributed by atoms with Gasteiger partial charge in [-0.15, -0.1) is 0 Å². The molecule has 8 heteroatoms. The van der Waals surface area contributed by atoms with E-state index in [2.05, 4.69) is 4.98 Å². The molecule has 122 valence electrons. The summed E-state index contributed by atoms with van der Waals surface area (Å²) in [6.45, 7) is 1.06. The third-order valence-electron chi connectivity index (χ3n) is 3.72. The normalized spacial score (nSPS) is 20.2. The van der Waals surface area contributed by atoms with Crippen molar-refractivity contribution >= 4 is 15.7 Å². The second kappa shape index (κ2) is 6.62. The number of sulfone groups is 1. The molecule has 2 rings (SSSR count). The molecule has 0 radical (unpaired) electrons. The fraction of sp³-hybridized carbons (Fsp3) is 0.571. The van der Waals surface area contributed by atoms with Crippen LogP contribution in [-0.2, 0) is 9.84 Å². The second-order valence-electron chi connectivity index (χ2n) is 5.80. The van der Waals surface area contributed by atoms with Crippen LogP contribution in [0.5, 0.6) is 0 Å². The van der Waals surface area contributed by atoms with Crippen LogP contribution in [0.2, 0.25) is 0 Å². The van der Waals surface area contributed by atoms with Gasteiger partial charge in [-0.1, -0.05) is 0 Å². The maximum atomic E-state index is 12.7. The monoisotopic (exact) mass is 327 g/mol. The third kappa shape index (κ3) is 4.17. The molecule has 1 aromatic rings. The topological polar surface area (TPSA) is 90.6 Å². The molecule has 0 aromatic carbocycles. The maximum absolute atomic E-state index is 12.7. The first kappa shape index (κ1) is 16.7. The van der Waals surface area contributed by atoms with E-state index in [-0.39, 0.29) is 34.6 Å². The first-order chi connectivity index (χ1) is 10.3. The summed E-state index contributed by atoms with van der Waals surface area (Å²) in [7, 11) is 0.702. The zero-order valence-corrected chi connectivity index (χ0v) is 13.6. The van der Waals surface area contributed by atoms with Gasteiger partial charge >= 0.3 is 0 Å². The summed E-state index contributed by atoms with van der Waals surface area (Å²) in [5.74, 6) is -0.191. The second-order valence-corrected chi connectivity index (χ2v) is 8.03. The molecule has 0 saturated carbocycles. The molecule has 1 saturated heterocycles. The van der Waals surface area contributed by atoms with Gasteiger partial charge in [-0.3, -0.25) is 9.59 Å². The summed E-state index contributed by atoms with van der Waals surface area (Å²) >= 11 is 0. The average molecular weight is 327 g/mol. The maximum Gasteiger partial charge on any atom is 0.254 e. The number of H-pyrrole nitrogens is 1. The van der Waals surface area contributed by atoms with Gasteiger partial charge in [0.05, 0.1) is 11.5 Å². The van der Waals surface area contributed by atoms with Crippen LogP contribution in [0.15, 0.2) is 23.1 Å². The molecule has 0 aliphatic carbocycles. The smallest absolute Gasteiger partial charge is 0.254 e. The van der Waals surface area contributed by atoms with Crippen molar-refractivity contribution in [2.75, 3.05) is 38.7 Å². The minimum absolute atomic E-state index is 0.00460. The van der Waals surface area contributed by atoms with E-state index in [4.69, 9.17) is 0 Å². The molecule has 1 aliphatic rings. The van der Waals surface area contributed by atoms with E-state index in [0.29, 0.717) is 19.5 Å². The standard InChI is InChI=1S/C14H21N3O4S/c1-16(2)6-7-17(12-4-8-22(20,21)10-12)14(19)11-3-5-15-13(18)9-11/h3,5,9,12H,4,6-8,10H2,1-2H3,(H,15,18). The zero-order valence-electron chi connectivity index (χ0n) is 12.8. The van der Waals surface area contributed by atoms with E-state index < -0.39 is 9.84 Å². The van der Waals surface area contributed by atoms with Crippen LogP contribution in [0.1, 0.15) is 16.8 Å². The van der Waals surface area contributed by atoms with Crippen LogP contribution in [0.25, 0.3) is 0 Å². The molecule has 7 nitrogen and oxygen atoms in total. The average Bonchev–Trinajstić information content (AvgIpc) is 2.78. The quantitative estimate of drug-likeness (QED) is 0.792. The van der Waals surface area contributed by atoms with Gasteiger partial charge in [-0.05, 0) is 26.6 Å². The highest BCUT2D eigenvalue weighted by Crippen LogP contribution is 2.19. The number of aromatic nitrogens is 1. The lowest BCUT2D eigenvalue weighted by atomic mass is 10.1. The van der Waals surface area contributed by atoms with Crippen LogP contribution in [0, 0.1) is 0 Å². The highest BCUT2D eigenvalue weighted by molar-refractivity contribution is 7.91. The van der Waals surface area contributed by atoms with Crippen molar-refractivity contribution in [2.24, 2.45) is 0 Å². The molecule has 22 heavy (non-hydrogen) atoms. The van der Waals surface area contributed by atoms with Crippen molar-refractivity contribution in [3.8, 4) is 0 Å². The number of hydrogen-bond donors (Lipinski definition) is 1. The first-order valence-corrected chi connectivity index (χ1v) is 8.95. The fourth-order valence-corrected chi connectivity index (χ4v) is 4.25. The van der Waals surface area contributed by atoms with Crippen molar-refractivity contribution in [1.82, 2.24) is 14.8 Å². The number of carbonyl (C=O) groups excluding carboxylic acids is 1. The summed E-state index contributed by atoms with van der Waals surface area (Å²) in [6.07, 6.45) is 1.87. The lowest BCUT2D eigenvalue weighted by Gasteiger charge is -2.29. The lowest BCUT2D eigenvalue weighted by molar-refractivity contribution is 0.0683. The molecule has 0 bridgehead atoms. The Hall–Kier alpha value is -1.67. The van der Waals surface area contributed by atoms with E-state index in [1.165, 1.54) is 18.3 Å². The molecular weight excluding hydrogens is 306 g/mol. The molecule has 1 amide bonds. The Morgan fingerprint density at radius 1 is 1.36 bits per heavy atom. The van der Waals surface area contributed by atoms with Gasteiger partial charge in [0, 0.05) is 37.0 Å². The number of aromatic amines is 1. The van der Waals surface area contributed by atoms with Crippen molar-refractivity contribution in [3.63, 3.8) is 0 Å². The van der Waals surface area contributed by atoms with Crippen LogP contribution >= 0.6 is 0 Å². The summed E-state index contributed by atoms with van der Waals surface area (Å²) in [5, 5.41) is 0. The number of nitrogens with one attached hydrogen (secondary N) is 1. The Balaban J connectivity index is 2.24. The Kier molecular flexibility index (Phi) is 5.02. The number of hydrogen-bond acceptors (Lipinski definition) is 5. The van der Waals surface area contributed by atoms with Crippen LogP contribution in [0.3, 0.4) is 0 Å². The molecule has 1 atom stereocenters. The minimum Gasteiger partial charge on any atom is -0.333 e. The van der Waals surface area contributed by atoms with E-state index >= 15 is 0 Å². The SMILES string of the molecule is CN(C)CCN(C(=O)c1cc[nH]c(=O)c1)C1CCS(=O)(=O)C1. The number of likely N-dealkylation sites (N-methyl/N-ethyl adjacent to an activating group) is 1. The molecule has 0 spiro atoms. The Labute approximate surface area is 129 Å². The van der Waals surface area contributed by atoms with Gasteiger partial charge in [0.15, 0.2) is 9.84 Å². The van der Waals surface area contributed by atoms with Crippen LogP contribution in [-0.4, -0.2) is 73.8 Å². The first-order valence-electron chi connectivity index (χ1n) is 7.13. The highest BCUT2D eigenvalue weighted by atomic mass is 32.2. The van der Waals surface area contributed by atoms with E-state index in [0.717, 1.165) is 0 Å². The number of rotatable bonds is 5. The Bertz CT molecular complexity index is 696. The van der Waals surface area contributed by atoms with Gasteiger partial charge in [0.1, 0.15) is 0 Å². The van der Waals surface area contributed by atoms with Gasteiger partial charge < -0.3 is 14.8 Å². The molecular formula is C14H21N3O4S. The number of pyridine rings is 1. The fourth-order valence-electron chi connectivity index (χ4n) is 2.52. The van der Waals surface area contributed by atoms with Gasteiger partial charge in [-0.2, -0.15) is 0 Å². The van der Waals surface area contributed by atoms with Crippen molar-refractivity contribution in [2.45, 2.75) is 12.5 Å². The summed E-state index contributed by atoms with van der Waals surface area (Å²) in [5.41, 5.74) is -0.0655. The van der Waals surface area contributed by atoms with Gasteiger partial charge in [0.25, 0.3) is 5.91 Å². The Morgan fingerprint density at radius 3 is 2.64 bits per heavy atom. The van der Waals surface area contributed by atoms with Crippen molar-refractivity contribution < 1.29 is 13.2 Å². The molecule has 1 fully saturated rings. The highest BCUT2D eigenvalue weighted by Gasteiger charge is 2.34. The molecule has 1 aliphatic heterocycles. The summed E-state index contributed by atoms with van der Waals surface area (Å²) in [4.78, 5) is 30.0. The number of amides is 1. The van der Waals surface area contributed by atoms with E-state index in [1.807, 2.05) is 19.0 Å². The van der Waals surface area contributed by atoms with E-state index in [1.54, 1.807) is 4.90 Å². The number of nitrogens with zero attached hydrogens (tertiary/aromatic N) is 2. The van der Waals surface area contributed by atoms with Crippen molar-refractivity contribution in [3.05, 3.63) is 34.2 Å². The van der Waals surface area contributed by atoms with Crippen LogP contribution < -0.4 is 5.56 Å². The molecule has 1 unspecified atom stereocenters. The predicted octanol–water partition coefficient (Wildman–Crippen LogP) is -0.434. The minimum atomic E-state index is -3.08. The Morgan fingerprint density at radius 2 is 2.09 bits per heavy atom.